The van der Waals surface area contributed by atoms with Crippen LogP contribution in [0.1, 0.15) is 32.3 Å². The third-order valence-corrected chi connectivity index (χ3v) is 3.55. The Morgan fingerprint density at radius 1 is 1.37 bits per heavy atom. The summed E-state index contributed by atoms with van der Waals surface area (Å²) >= 11 is 0. The molecule has 19 heavy (non-hydrogen) atoms. The van der Waals surface area contributed by atoms with E-state index in [0.29, 0.717) is 0 Å². The zero-order valence-corrected chi connectivity index (χ0v) is 11.5. The summed E-state index contributed by atoms with van der Waals surface area (Å²) < 4.78 is 19.0. The quantitative estimate of drug-likeness (QED) is 0.862. The lowest BCUT2D eigenvalue weighted by atomic mass is 9.75. The standard InChI is InChI=1S/C14H19FO4/c1-8(2)14(18,13(16)17)9(3)12-10(15)6-5-7-11(12)19-4/h5-9,18H,1-4H3,(H,16,17). The lowest BCUT2D eigenvalue weighted by molar-refractivity contribution is -0.166. The van der Waals surface area contributed by atoms with Crippen LogP contribution in [-0.4, -0.2) is 28.9 Å². The predicted octanol–water partition coefficient (Wildman–Crippen LogP) is 2.41. The molecule has 0 bridgehead atoms. The van der Waals surface area contributed by atoms with E-state index in [1.165, 1.54) is 32.2 Å². The number of ether oxygens (including phenoxy) is 1. The van der Waals surface area contributed by atoms with E-state index in [1.807, 2.05) is 0 Å². The zero-order valence-electron chi connectivity index (χ0n) is 11.5. The average Bonchev–Trinajstić information content (AvgIpc) is 2.35. The van der Waals surface area contributed by atoms with Crippen molar-refractivity contribution < 1.29 is 24.1 Å². The summed E-state index contributed by atoms with van der Waals surface area (Å²) in [7, 11) is 1.38. The second-order valence-corrected chi connectivity index (χ2v) is 4.86. The largest absolute Gasteiger partial charge is 0.496 e. The molecule has 0 aromatic heterocycles. The summed E-state index contributed by atoms with van der Waals surface area (Å²) in [5.41, 5.74) is -1.99. The molecule has 4 nitrogen and oxygen atoms in total. The van der Waals surface area contributed by atoms with Gasteiger partial charge in [0.05, 0.1) is 7.11 Å². The lowest BCUT2D eigenvalue weighted by Gasteiger charge is -2.34. The Kier molecular flexibility index (Phi) is 4.52. The average molecular weight is 270 g/mol. The van der Waals surface area contributed by atoms with Crippen LogP contribution in [0.3, 0.4) is 0 Å². The maximum Gasteiger partial charge on any atom is 0.336 e. The molecular weight excluding hydrogens is 251 g/mol. The van der Waals surface area contributed by atoms with Crippen LogP contribution in [0.15, 0.2) is 18.2 Å². The number of hydrogen-bond acceptors (Lipinski definition) is 3. The highest BCUT2D eigenvalue weighted by Gasteiger charge is 2.47. The molecule has 2 atom stereocenters. The van der Waals surface area contributed by atoms with E-state index in [1.54, 1.807) is 13.8 Å². The van der Waals surface area contributed by atoms with Gasteiger partial charge in [-0.05, 0) is 18.1 Å². The number of carbonyl (C=O) groups is 1. The first-order valence-electron chi connectivity index (χ1n) is 6.04. The van der Waals surface area contributed by atoms with E-state index in [-0.39, 0.29) is 11.3 Å². The molecule has 0 aliphatic carbocycles. The Morgan fingerprint density at radius 3 is 2.37 bits per heavy atom. The third kappa shape index (κ3) is 2.56. The number of methoxy groups -OCH3 is 1. The zero-order chi connectivity index (χ0) is 14.8. The second-order valence-electron chi connectivity index (χ2n) is 4.86. The van der Waals surface area contributed by atoms with Crippen LogP contribution >= 0.6 is 0 Å². The van der Waals surface area contributed by atoms with Crippen molar-refractivity contribution in [2.45, 2.75) is 32.3 Å². The Hall–Kier alpha value is -1.62. The molecule has 0 fully saturated rings. The fourth-order valence-electron chi connectivity index (χ4n) is 2.27. The fraction of sp³-hybridized carbons (Fsp3) is 0.500. The Morgan fingerprint density at radius 2 is 1.95 bits per heavy atom. The molecule has 1 aromatic carbocycles. The maximum atomic E-state index is 14.0. The van der Waals surface area contributed by atoms with Crippen molar-refractivity contribution in [1.29, 1.82) is 0 Å². The van der Waals surface area contributed by atoms with E-state index in [0.717, 1.165) is 0 Å². The van der Waals surface area contributed by atoms with Crippen molar-refractivity contribution in [3.05, 3.63) is 29.6 Å². The van der Waals surface area contributed by atoms with E-state index < -0.39 is 29.2 Å². The summed E-state index contributed by atoms with van der Waals surface area (Å²) in [6.45, 7) is 4.64. The van der Waals surface area contributed by atoms with Crippen LogP contribution in [-0.2, 0) is 4.79 Å². The maximum absolute atomic E-state index is 14.0. The molecular formula is C14H19FO4. The minimum absolute atomic E-state index is 0.0728. The Balaban J connectivity index is 3.40. The van der Waals surface area contributed by atoms with Crippen LogP contribution in [0, 0.1) is 11.7 Å². The number of benzene rings is 1. The van der Waals surface area contributed by atoms with Gasteiger partial charge in [-0.1, -0.05) is 26.8 Å². The molecule has 0 aliphatic rings. The number of halogens is 1. The fourth-order valence-corrected chi connectivity index (χ4v) is 2.27. The number of rotatable bonds is 5. The van der Waals surface area contributed by atoms with Gasteiger partial charge in [0, 0.05) is 11.5 Å². The van der Waals surface area contributed by atoms with Gasteiger partial charge in [-0.2, -0.15) is 0 Å². The molecule has 0 amide bonds. The molecule has 0 spiro atoms. The van der Waals surface area contributed by atoms with Gasteiger partial charge in [0.1, 0.15) is 11.6 Å². The number of aliphatic carboxylic acids is 1. The SMILES string of the molecule is COc1cccc(F)c1C(C)C(O)(C(=O)O)C(C)C. The summed E-state index contributed by atoms with van der Waals surface area (Å²) in [4.78, 5) is 11.4. The van der Waals surface area contributed by atoms with Crippen molar-refractivity contribution in [3.63, 3.8) is 0 Å². The molecule has 0 saturated heterocycles. The molecule has 2 unspecified atom stereocenters. The van der Waals surface area contributed by atoms with Gasteiger partial charge in [0.2, 0.25) is 0 Å². The molecule has 5 heteroatoms. The van der Waals surface area contributed by atoms with Gasteiger partial charge in [-0.15, -0.1) is 0 Å². The molecule has 1 aromatic rings. The lowest BCUT2D eigenvalue weighted by Crippen LogP contribution is -2.48. The summed E-state index contributed by atoms with van der Waals surface area (Å²) in [6.07, 6.45) is 0. The van der Waals surface area contributed by atoms with Gasteiger partial charge < -0.3 is 14.9 Å². The minimum atomic E-state index is -2.06. The summed E-state index contributed by atoms with van der Waals surface area (Å²) in [5, 5.41) is 19.7. The number of aliphatic hydroxyl groups is 1. The first-order chi connectivity index (χ1) is 8.76. The third-order valence-electron chi connectivity index (χ3n) is 3.55. The summed E-state index contributed by atoms with van der Waals surface area (Å²) in [6, 6.07) is 4.23. The van der Waals surface area contributed by atoms with E-state index in [9.17, 15) is 19.4 Å². The van der Waals surface area contributed by atoms with Gasteiger partial charge in [0.25, 0.3) is 0 Å². The first kappa shape index (κ1) is 15.4. The van der Waals surface area contributed by atoms with E-state index in [4.69, 9.17) is 4.74 Å². The van der Waals surface area contributed by atoms with Crippen LogP contribution in [0.4, 0.5) is 4.39 Å². The van der Waals surface area contributed by atoms with Crippen molar-refractivity contribution in [1.82, 2.24) is 0 Å². The molecule has 0 saturated carbocycles. The van der Waals surface area contributed by atoms with Crippen molar-refractivity contribution in [2.24, 2.45) is 5.92 Å². The normalized spacial score (nSPS) is 15.9. The topological polar surface area (TPSA) is 66.8 Å². The van der Waals surface area contributed by atoms with Crippen LogP contribution in [0.2, 0.25) is 0 Å². The van der Waals surface area contributed by atoms with Gasteiger partial charge >= 0.3 is 5.97 Å². The van der Waals surface area contributed by atoms with Crippen molar-refractivity contribution >= 4 is 5.97 Å². The van der Waals surface area contributed by atoms with Crippen LogP contribution in [0.25, 0.3) is 0 Å². The van der Waals surface area contributed by atoms with Gasteiger partial charge in [-0.3, -0.25) is 0 Å². The number of hydrogen-bond donors (Lipinski definition) is 2. The Labute approximate surface area is 111 Å². The van der Waals surface area contributed by atoms with Crippen LogP contribution in [0.5, 0.6) is 5.75 Å². The van der Waals surface area contributed by atoms with Gasteiger partial charge in [0.15, 0.2) is 5.60 Å². The highest BCUT2D eigenvalue weighted by molar-refractivity contribution is 5.79. The summed E-state index contributed by atoms with van der Waals surface area (Å²) in [5.74, 6) is -3.26. The van der Waals surface area contributed by atoms with Crippen molar-refractivity contribution in [2.75, 3.05) is 7.11 Å². The number of carboxylic acids is 1. The molecule has 0 aliphatic heterocycles. The van der Waals surface area contributed by atoms with Crippen LogP contribution < -0.4 is 4.74 Å². The Bertz CT molecular complexity index is 473. The molecule has 2 N–H and O–H groups in total. The molecule has 0 radical (unpaired) electrons. The smallest absolute Gasteiger partial charge is 0.336 e. The monoisotopic (exact) mass is 270 g/mol. The van der Waals surface area contributed by atoms with E-state index in [2.05, 4.69) is 0 Å². The molecule has 0 heterocycles. The second kappa shape index (κ2) is 5.57. The molecule has 1 rings (SSSR count). The number of carboxylic acid groups (broad SMARTS) is 1. The van der Waals surface area contributed by atoms with Crippen molar-refractivity contribution in [3.8, 4) is 5.75 Å². The highest BCUT2D eigenvalue weighted by atomic mass is 19.1. The van der Waals surface area contributed by atoms with Gasteiger partial charge in [-0.25, -0.2) is 9.18 Å². The first-order valence-corrected chi connectivity index (χ1v) is 6.04. The molecule has 106 valence electrons. The van der Waals surface area contributed by atoms with E-state index >= 15 is 0 Å². The minimum Gasteiger partial charge on any atom is -0.496 e. The predicted molar refractivity (Wildman–Crippen MR) is 68.8 cm³/mol. The highest BCUT2D eigenvalue weighted by Crippen LogP contribution is 2.39.